The van der Waals surface area contributed by atoms with Gasteiger partial charge >= 0.3 is 5.97 Å². The van der Waals surface area contributed by atoms with E-state index in [4.69, 9.17) is 4.74 Å². The van der Waals surface area contributed by atoms with Crippen molar-refractivity contribution in [1.82, 2.24) is 4.98 Å². The largest absolute Gasteiger partial charge is 0.465 e. The predicted octanol–water partition coefficient (Wildman–Crippen LogP) is 1.30. The second kappa shape index (κ2) is 6.65. The van der Waals surface area contributed by atoms with E-state index < -0.39 is 5.97 Å². The number of rotatable bonds is 4. The number of carbonyl (C=O) groups is 2. The summed E-state index contributed by atoms with van der Waals surface area (Å²) < 4.78 is 4.81. The van der Waals surface area contributed by atoms with Gasteiger partial charge in [-0.2, -0.15) is 0 Å². The first-order valence-electron chi connectivity index (χ1n) is 8.03. The third kappa shape index (κ3) is 3.09. The van der Waals surface area contributed by atoms with Gasteiger partial charge in [0.15, 0.2) is 0 Å². The first kappa shape index (κ1) is 16.7. The molecule has 0 radical (unpaired) electrons. The van der Waals surface area contributed by atoms with Crippen LogP contribution in [-0.4, -0.2) is 43.0 Å². The zero-order valence-corrected chi connectivity index (χ0v) is 14.2. The Hall–Kier alpha value is -1.62. The van der Waals surface area contributed by atoms with E-state index in [1.165, 1.54) is 24.9 Å². The molecule has 2 rings (SSSR count). The number of Topliss-reactive ketones (excluding diaryl/α,β-unsaturated/α-hetero) is 1. The molecule has 1 aliphatic rings. The first-order chi connectivity index (χ1) is 10.4. The van der Waals surface area contributed by atoms with Crippen LogP contribution in [0.5, 0.6) is 0 Å². The van der Waals surface area contributed by atoms with Gasteiger partial charge in [0.2, 0.25) is 5.78 Å². The Morgan fingerprint density at radius 1 is 1.36 bits per heavy atom. The van der Waals surface area contributed by atoms with Crippen molar-refractivity contribution in [1.29, 1.82) is 0 Å². The lowest BCUT2D eigenvalue weighted by Gasteiger charge is -2.31. The van der Waals surface area contributed by atoms with Crippen molar-refractivity contribution in [2.75, 3.05) is 20.2 Å². The van der Waals surface area contributed by atoms with Crippen molar-refractivity contribution in [3.05, 3.63) is 22.5 Å². The molecule has 0 saturated carbocycles. The van der Waals surface area contributed by atoms with Crippen LogP contribution in [-0.2, 0) is 4.74 Å². The minimum Gasteiger partial charge on any atom is -0.465 e. The van der Waals surface area contributed by atoms with E-state index in [1.807, 2.05) is 13.8 Å². The van der Waals surface area contributed by atoms with Crippen LogP contribution in [0.25, 0.3) is 0 Å². The van der Waals surface area contributed by atoms with Gasteiger partial charge in [-0.05, 0) is 39.2 Å². The summed E-state index contributed by atoms with van der Waals surface area (Å²) >= 11 is 0. The SMILES string of the molecule is COC(=O)c1c(C)[nH]c(C(=O)[C@@H](C)[NH+]2CCC[C@H](C)C2)c1C. The minimum atomic E-state index is -0.392. The molecule has 0 amide bonds. The maximum absolute atomic E-state index is 12.8. The molecule has 1 aliphatic heterocycles. The molecule has 5 nitrogen and oxygen atoms in total. The van der Waals surface area contributed by atoms with Gasteiger partial charge in [0.25, 0.3) is 0 Å². The van der Waals surface area contributed by atoms with Crippen LogP contribution < -0.4 is 4.90 Å². The summed E-state index contributed by atoms with van der Waals surface area (Å²) in [5.41, 5.74) is 2.43. The van der Waals surface area contributed by atoms with Gasteiger partial charge in [0, 0.05) is 11.6 Å². The van der Waals surface area contributed by atoms with Gasteiger partial charge in [-0.1, -0.05) is 6.92 Å². The van der Waals surface area contributed by atoms with Gasteiger partial charge in [0.05, 0.1) is 31.5 Å². The Labute approximate surface area is 132 Å². The molecule has 0 aliphatic carbocycles. The summed E-state index contributed by atoms with van der Waals surface area (Å²) in [5, 5.41) is 0. The Morgan fingerprint density at radius 2 is 2.05 bits per heavy atom. The fraction of sp³-hybridized carbons (Fsp3) is 0.647. The maximum Gasteiger partial charge on any atom is 0.339 e. The zero-order chi connectivity index (χ0) is 16.4. The summed E-state index contributed by atoms with van der Waals surface area (Å²) in [7, 11) is 1.36. The van der Waals surface area contributed by atoms with Crippen molar-refractivity contribution in [2.45, 2.75) is 46.6 Å². The molecule has 22 heavy (non-hydrogen) atoms. The highest BCUT2D eigenvalue weighted by molar-refractivity contribution is 6.03. The van der Waals surface area contributed by atoms with Crippen molar-refractivity contribution < 1.29 is 19.2 Å². The molecule has 1 aromatic heterocycles. The number of aromatic amines is 1. The number of hydrogen-bond acceptors (Lipinski definition) is 3. The molecular weight excluding hydrogens is 280 g/mol. The molecule has 1 unspecified atom stereocenters. The monoisotopic (exact) mass is 307 g/mol. The molecule has 3 atom stereocenters. The van der Waals surface area contributed by atoms with E-state index in [0.717, 1.165) is 13.1 Å². The topological polar surface area (TPSA) is 63.6 Å². The van der Waals surface area contributed by atoms with E-state index in [2.05, 4.69) is 11.9 Å². The summed E-state index contributed by atoms with van der Waals surface area (Å²) in [5.74, 6) is 0.354. The van der Waals surface area contributed by atoms with E-state index >= 15 is 0 Å². The van der Waals surface area contributed by atoms with E-state index in [9.17, 15) is 9.59 Å². The second-order valence-electron chi connectivity index (χ2n) is 6.56. The molecule has 1 saturated heterocycles. The predicted molar refractivity (Wildman–Crippen MR) is 84.5 cm³/mol. The fourth-order valence-corrected chi connectivity index (χ4v) is 3.53. The first-order valence-corrected chi connectivity index (χ1v) is 8.03. The second-order valence-corrected chi connectivity index (χ2v) is 6.56. The lowest BCUT2D eigenvalue weighted by molar-refractivity contribution is -0.921. The zero-order valence-electron chi connectivity index (χ0n) is 14.2. The number of piperidine rings is 1. The molecule has 5 heteroatoms. The number of carbonyl (C=O) groups excluding carboxylic acids is 2. The number of methoxy groups -OCH3 is 1. The Morgan fingerprint density at radius 3 is 2.64 bits per heavy atom. The maximum atomic E-state index is 12.8. The number of ketones is 1. The number of nitrogens with one attached hydrogen (secondary N) is 2. The lowest BCUT2D eigenvalue weighted by Crippen LogP contribution is -3.17. The normalized spacial score (nSPS) is 23.1. The quantitative estimate of drug-likeness (QED) is 0.651. The average molecular weight is 307 g/mol. The number of likely N-dealkylation sites (tertiary alicyclic amines) is 1. The van der Waals surface area contributed by atoms with Crippen LogP contribution in [0.1, 0.15) is 58.8 Å². The van der Waals surface area contributed by atoms with Crippen LogP contribution >= 0.6 is 0 Å². The molecular formula is C17H27N2O3+. The van der Waals surface area contributed by atoms with Crippen LogP contribution in [0.15, 0.2) is 0 Å². The van der Waals surface area contributed by atoms with Gasteiger partial charge < -0.3 is 14.6 Å². The number of aryl methyl sites for hydroxylation is 1. The van der Waals surface area contributed by atoms with E-state index in [0.29, 0.717) is 28.4 Å². The smallest absolute Gasteiger partial charge is 0.339 e. The Balaban J connectivity index is 2.24. The molecule has 1 aromatic rings. The lowest BCUT2D eigenvalue weighted by atomic mass is 9.97. The number of ether oxygens (including phenoxy) is 1. The van der Waals surface area contributed by atoms with Gasteiger partial charge in [0.1, 0.15) is 6.04 Å². The Bertz CT molecular complexity index is 577. The summed E-state index contributed by atoms with van der Waals surface area (Å²) in [6.07, 6.45) is 2.42. The highest BCUT2D eigenvalue weighted by Gasteiger charge is 2.33. The molecule has 0 bridgehead atoms. The molecule has 0 aromatic carbocycles. The molecule has 2 N–H and O–H groups in total. The third-order valence-corrected chi connectivity index (χ3v) is 4.88. The number of esters is 1. The summed E-state index contributed by atoms with van der Waals surface area (Å²) in [6, 6.07) is -0.0926. The number of aromatic nitrogens is 1. The molecule has 2 heterocycles. The summed E-state index contributed by atoms with van der Waals surface area (Å²) in [6.45, 7) is 9.93. The standard InChI is InChI=1S/C17H26N2O3/c1-10-7-6-8-19(9-10)13(4)16(20)15-11(2)14(12(3)18-15)17(21)22-5/h10,13,18H,6-9H2,1-5H3/p+1/t10-,13+/m0/s1. The summed E-state index contributed by atoms with van der Waals surface area (Å²) in [4.78, 5) is 29.1. The van der Waals surface area contributed by atoms with Crippen LogP contribution in [0, 0.1) is 19.8 Å². The number of hydrogen-bond donors (Lipinski definition) is 2. The average Bonchev–Trinajstić information content (AvgIpc) is 2.80. The Kier molecular flexibility index (Phi) is 5.06. The van der Waals surface area contributed by atoms with Crippen molar-refractivity contribution in [3.63, 3.8) is 0 Å². The van der Waals surface area contributed by atoms with Crippen LogP contribution in [0.2, 0.25) is 0 Å². The van der Waals surface area contributed by atoms with Crippen molar-refractivity contribution in [2.24, 2.45) is 5.92 Å². The number of quaternary nitrogens is 1. The fourth-order valence-electron chi connectivity index (χ4n) is 3.53. The van der Waals surface area contributed by atoms with Crippen molar-refractivity contribution >= 4 is 11.8 Å². The highest BCUT2D eigenvalue weighted by Crippen LogP contribution is 2.20. The van der Waals surface area contributed by atoms with Crippen LogP contribution in [0.3, 0.4) is 0 Å². The van der Waals surface area contributed by atoms with Gasteiger partial charge in [-0.15, -0.1) is 0 Å². The highest BCUT2D eigenvalue weighted by atomic mass is 16.5. The third-order valence-electron chi connectivity index (χ3n) is 4.88. The van der Waals surface area contributed by atoms with E-state index in [1.54, 1.807) is 6.92 Å². The van der Waals surface area contributed by atoms with Crippen LogP contribution in [0.4, 0.5) is 0 Å². The molecule has 122 valence electrons. The number of H-pyrrole nitrogens is 1. The van der Waals surface area contributed by atoms with Gasteiger partial charge in [-0.25, -0.2) is 4.79 Å². The molecule has 1 fully saturated rings. The minimum absolute atomic E-state index is 0.0832. The van der Waals surface area contributed by atoms with Crippen molar-refractivity contribution in [3.8, 4) is 0 Å². The van der Waals surface area contributed by atoms with E-state index in [-0.39, 0.29) is 11.8 Å². The van der Waals surface area contributed by atoms with Gasteiger partial charge in [-0.3, -0.25) is 4.79 Å². The molecule has 0 spiro atoms.